The first kappa shape index (κ1) is 9.34. The minimum absolute atomic E-state index is 0.527. The molecule has 2 aromatic rings. The van der Waals surface area contributed by atoms with Gasteiger partial charge in [0.25, 0.3) is 0 Å². The summed E-state index contributed by atoms with van der Waals surface area (Å²) in [4.78, 5) is 0. The Morgan fingerprint density at radius 1 is 1.50 bits per heavy atom. The molecule has 1 aromatic carbocycles. The standard InChI is InChI=1S/C10H10ClNO2/c1-13-8-3-2-4-9-10(8)7(5-6-11)12-14-9/h2-4H,5-6H2,1H3. The highest BCUT2D eigenvalue weighted by Gasteiger charge is 2.11. The number of rotatable bonds is 3. The van der Waals surface area contributed by atoms with Gasteiger partial charge in [0.1, 0.15) is 5.75 Å². The lowest BCUT2D eigenvalue weighted by molar-refractivity contribution is 0.419. The van der Waals surface area contributed by atoms with Crippen LogP contribution in [0.2, 0.25) is 0 Å². The lowest BCUT2D eigenvalue weighted by Crippen LogP contribution is -1.89. The summed E-state index contributed by atoms with van der Waals surface area (Å²) in [6.45, 7) is 0. The molecule has 0 aliphatic rings. The van der Waals surface area contributed by atoms with Gasteiger partial charge in [-0.1, -0.05) is 11.2 Å². The van der Waals surface area contributed by atoms with Crippen molar-refractivity contribution in [1.82, 2.24) is 5.16 Å². The van der Waals surface area contributed by atoms with E-state index in [4.69, 9.17) is 20.9 Å². The highest BCUT2D eigenvalue weighted by molar-refractivity contribution is 6.18. The predicted octanol–water partition coefficient (Wildman–Crippen LogP) is 2.62. The maximum absolute atomic E-state index is 5.67. The molecule has 0 spiro atoms. The van der Waals surface area contributed by atoms with Gasteiger partial charge < -0.3 is 9.26 Å². The van der Waals surface area contributed by atoms with Crippen molar-refractivity contribution in [3.05, 3.63) is 23.9 Å². The number of halogens is 1. The quantitative estimate of drug-likeness (QED) is 0.733. The maximum Gasteiger partial charge on any atom is 0.170 e. The molecule has 0 fully saturated rings. The summed E-state index contributed by atoms with van der Waals surface area (Å²) in [6.07, 6.45) is 0.689. The summed E-state index contributed by atoms with van der Waals surface area (Å²) in [5, 5.41) is 4.88. The van der Waals surface area contributed by atoms with Gasteiger partial charge in [-0.2, -0.15) is 0 Å². The number of nitrogens with zero attached hydrogens (tertiary/aromatic N) is 1. The fourth-order valence-electron chi connectivity index (χ4n) is 1.45. The number of aromatic nitrogens is 1. The second-order valence-electron chi connectivity index (χ2n) is 2.90. The lowest BCUT2D eigenvalue weighted by atomic mass is 10.1. The third-order valence-corrected chi connectivity index (χ3v) is 2.27. The average Bonchev–Trinajstić information content (AvgIpc) is 2.62. The van der Waals surface area contributed by atoms with Crippen LogP contribution in [0.1, 0.15) is 5.69 Å². The van der Waals surface area contributed by atoms with Crippen LogP contribution < -0.4 is 4.74 Å². The third kappa shape index (κ3) is 1.44. The van der Waals surface area contributed by atoms with Crippen molar-refractivity contribution in [2.45, 2.75) is 6.42 Å². The summed E-state index contributed by atoms with van der Waals surface area (Å²) in [5.74, 6) is 1.31. The van der Waals surface area contributed by atoms with Gasteiger partial charge in [-0.25, -0.2) is 0 Å². The molecule has 0 bridgehead atoms. The number of fused-ring (bicyclic) bond motifs is 1. The molecule has 2 rings (SSSR count). The van der Waals surface area contributed by atoms with Crippen molar-refractivity contribution in [3.63, 3.8) is 0 Å². The number of hydrogen-bond donors (Lipinski definition) is 0. The molecule has 4 heteroatoms. The molecule has 0 aliphatic carbocycles. The topological polar surface area (TPSA) is 35.3 Å². The Labute approximate surface area is 86.6 Å². The van der Waals surface area contributed by atoms with Gasteiger partial charge in [0.15, 0.2) is 5.58 Å². The molecule has 1 aromatic heterocycles. The Morgan fingerprint density at radius 3 is 3.07 bits per heavy atom. The minimum atomic E-state index is 0.527. The van der Waals surface area contributed by atoms with Gasteiger partial charge in [0.05, 0.1) is 18.2 Å². The molecule has 0 N–H and O–H groups in total. The van der Waals surface area contributed by atoms with Crippen molar-refractivity contribution in [1.29, 1.82) is 0 Å². The molecular formula is C10H10ClNO2. The average molecular weight is 212 g/mol. The first-order valence-electron chi connectivity index (χ1n) is 4.34. The van der Waals surface area contributed by atoms with Crippen molar-refractivity contribution < 1.29 is 9.26 Å². The minimum Gasteiger partial charge on any atom is -0.496 e. The molecule has 0 unspecified atom stereocenters. The Bertz CT molecular complexity index is 439. The van der Waals surface area contributed by atoms with Crippen molar-refractivity contribution in [2.24, 2.45) is 0 Å². The molecule has 0 atom stereocenters. The van der Waals surface area contributed by atoms with E-state index < -0.39 is 0 Å². The zero-order valence-electron chi connectivity index (χ0n) is 7.79. The maximum atomic E-state index is 5.67. The van der Waals surface area contributed by atoms with Crippen molar-refractivity contribution in [2.75, 3.05) is 13.0 Å². The van der Waals surface area contributed by atoms with Gasteiger partial charge in [0, 0.05) is 12.3 Å². The van der Waals surface area contributed by atoms with Crippen LogP contribution in [0.4, 0.5) is 0 Å². The molecule has 0 amide bonds. The monoisotopic (exact) mass is 211 g/mol. The summed E-state index contributed by atoms with van der Waals surface area (Å²) >= 11 is 5.67. The zero-order valence-corrected chi connectivity index (χ0v) is 8.54. The van der Waals surface area contributed by atoms with Crippen LogP contribution in [0, 0.1) is 0 Å². The van der Waals surface area contributed by atoms with Gasteiger partial charge in [0.2, 0.25) is 0 Å². The molecule has 1 heterocycles. The summed E-state index contributed by atoms with van der Waals surface area (Å²) in [7, 11) is 1.63. The summed E-state index contributed by atoms with van der Waals surface area (Å²) < 4.78 is 10.4. The number of benzene rings is 1. The normalized spacial score (nSPS) is 10.7. The third-order valence-electron chi connectivity index (χ3n) is 2.08. The predicted molar refractivity (Wildman–Crippen MR) is 55.0 cm³/mol. The van der Waals surface area contributed by atoms with E-state index in [2.05, 4.69) is 5.16 Å². The Morgan fingerprint density at radius 2 is 2.36 bits per heavy atom. The van der Waals surface area contributed by atoms with Crippen LogP contribution >= 0.6 is 11.6 Å². The Balaban J connectivity index is 2.62. The number of ether oxygens (including phenoxy) is 1. The fraction of sp³-hybridized carbons (Fsp3) is 0.300. The highest BCUT2D eigenvalue weighted by Crippen LogP contribution is 2.28. The number of methoxy groups -OCH3 is 1. The summed E-state index contributed by atoms with van der Waals surface area (Å²) in [6, 6.07) is 5.62. The molecule has 74 valence electrons. The van der Waals surface area contributed by atoms with Crippen LogP contribution in [-0.2, 0) is 6.42 Å². The lowest BCUT2D eigenvalue weighted by Gasteiger charge is -2.00. The molecule has 0 radical (unpaired) electrons. The van der Waals surface area contributed by atoms with Gasteiger partial charge >= 0.3 is 0 Å². The van der Waals surface area contributed by atoms with Gasteiger partial charge in [-0.15, -0.1) is 11.6 Å². The number of hydrogen-bond acceptors (Lipinski definition) is 3. The van der Waals surface area contributed by atoms with Crippen LogP contribution in [0.15, 0.2) is 22.7 Å². The second-order valence-corrected chi connectivity index (χ2v) is 3.28. The van der Waals surface area contributed by atoms with E-state index in [1.807, 2.05) is 18.2 Å². The molecule has 0 saturated heterocycles. The van der Waals surface area contributed by atoms with Crippen molar-refractivity contribution >= 4 is 22.6 Å². The summed E-state index contributed by atoms with van der Waals surface area (Å²) in [5.41, 5.74) is 1.59. The van der Waals surface area contributed by atoms with Crippen LogP contribution in [0.5, 0.6) is 5.75 Å². The Hall–Kier alpha value is -1.22. The fourth-order valence-corrected chi connectivity index (χ4v) is 1.63. The zero-order chi connectivity index (χ0) is 9.97. The van der Waals surface area contributed by atoms with E-state index in [0.29, 0.717) is 12.3 Å². The number of aryl methyl sites for hydroxylation is 1. The first-order chi connectivity index (χ1) is 6.86. The van der Waals surface area contributed by atoms with E-state index in [9.17, 15) is 0 Å². The van der Waals surface area contributed by atoms with E-state index in [1.165, 1.54) is 0 Å². The van der Waals surface area contributed by atoms with Gasteiger partial charge in [-0.3, -0.25) is 0 Å². The van der Waals surface area contributed by atoms with E-state index >= 15 is 0 Å². The van der Waals surface area contributed by atoms with Gasteiger partial charge in [-0.05, 0) is 12.1 Å². The molecule has 0 aliphatic heterocycles. The van der Waals surface area contributed by atoms with E-state index in [1.54, 1.807) is 7.11 Å². The first-order valence-corrected chi connectivity index (χ1v) is 4.87. The van der Waals surface area contributed by atoms with Crippen molar-refractivity contribution in [3.8, 4) is 5.75 Å². The number of alkyl halides is 1. The molecule has 3 nitrogen and oxygen atoms in total. The van der Waals surface area contributed by atoms with Crippen LogP contribution in [0.25, 0.3) is 11.0 Å². The molecular weight excluding hydrogens is 202 g/mol. The largest absolute Gasteiger partial charge is 0.496 e. The molecule has 0 saturated carbocycles. The molecule has 14 heavy (non-hydrogen) atoms. The van der Waals surface area contributed by atoms with Crippen LogP contribution in [0.3, 0.4) is 0 Å². The Kier molecular flexibility index (Phi) is 2.59. The smallest absolute Gasteiger partial charge is 0.170 e. The SMILES string of the molecule is COc1cccc2onc(CCCl)c12. The van der Waals surface area contributed by atoms with E-state index in [-0.39, 0.29) is 0 Å². The van der Waals surface area contributed by atoms with E-state index in [0.717, 1.165) is 22.4 Å². The second kappa shape index (κ2) is 3.88. The van der Waals surface area contributed by atoms with Crippen LogP contribution in [-0.4, -0.2) is 18.1 Å². The highest BCUT2D eigenvalue weighted by atomic mass is 35.5.